The van der Waals surface area contributed by atoms with Crippen LogP contribution in [0, 0.1) is 0 Å². The molecule has 0 radical (unpaired) electrons. The molecule has 1 fully saturated rings. The summed E-state index contributed by atoms with van der Waals surface area (Å²) >= 11 is 0. The van der Waals surface area contributed by atoms with E-state index in [2.05, 4.69) is 0 Å². The summed E-state index contributed by atoms with van der Waals surface area (Å²) < 4.78 is 0. The molecule has 0 bridgehead atoms. The van der Waals surface area contributed by atoms with Crippen LogP contribution in [0.4, 0.5) is 0 Å². The van der Waals surface area contributed by atoms with Gasteiger partial charge in [0.25, 0.3) is 0 Å². The van der Waals surface area contributed by atoms with Crippen molar-refractivity contribution in [1.29, 1.82) is 0 Å². The van der Waals surface area contributed by atoms with Gasteiger partial charge in [-0.25, -0.2) is 0 Å². The van der Waals surface area contributed by atoms with Gasteiger partial charge < -0.3 is 10.6 Å². The van der Waals surface area contributed by atoms with Gasteiger partial charge in [0.15, 0.2) is 0 Å². The molecule has 10 heavy (non-hydrogen) atoms. The van der Waals surface area contributed by atoms with E-state index in [1.807, 2.05) is 4.90 Å². The average molecular weight is 142 g/mol. The van der Waals surface area contributed by atoms with Crippen LogP contribution in [0.2, 0.25) is 0 Å². The number of likely N-dealkylation sites (tertiary alicyclic amines) is 1. The summed E-state index contributed by atoms with van der Waals surface area (Å²) in [6.45, 7) is 3.23. The summed E-state index contributed by atoms with van der Waals surface area (Å²) in [6.07, 6.45) is 2.12. The van der Waals surface area contributed by atoms with Gasteiger partial charge in [0, 0.05) is 26.1 Å². The fraction of sp³-hybridized carbons (Fsp3) is 0.857. The third-order valence-corrected chi connectivity index (χ3v) is 1.90. The van der Waals surface area contributed by atoms with E-state index in [1.165, 1.54) is 0 Å². The Morgan fingerprint density at radius 2 is 2.40 bits per heavy atom. The van der Waals surface area contributed by atoms with E-state index in [0.29, 0.717) is 0 Å². The Bertz CT molecular complexity index is 136. The van der Waals surface area contributed by atoms with E-state index in [-0.39, 0.29) is 11.9 Å². The first-order valence-electron chi connectivity index (χ1n) is 3.71. The molecule has 1 amide bonds. The molecule has 1 heterocycles. The lowest BCUT2D eigenvalue weighted by molar-refractivity contribution is -0.129. The number of nitrogens with two attached hydrogens (primary N) is 1. The van der Waals surface area contributed by atoms with Crippen molar-refractivity contribution in [2.45, 2.75) is 25.8 Å². The van der Waals surface area contributed by atoms with Crippen molar-refractivity contribution in [2.24, 2.45) is 5.73 Å². The molecule has 3 nitrogen and oxygen atoms in total. The third-order valence-electron chi connectivity index (χ3n) is 1.90. The monoisotopic (exact) mass is 142 g/mol. The number of carbonyl (C=O) groups excluding carboxylic acids is 1. The van der Waals surface area contributed by atoms with E-state index in [0.717, 1.165) is 25.9 Å². The molecule has 0 aromatic rings. The molecule has 1 rings (SSSR count). The lowest BCUT2D eigenvalue weighted by atomic mass is 10.1. The molecule has 0 aromatic carbocycles. The van der Waals surface area contributed by atoms with Crippen LogP contribution >= 0.6 is 0 Å². The van der Waals surface area contributed by atoms with Crippen molar-refractivity contribution in [3.05, 3.63) is 0 Å². The molecule has 1 aliphatic heterocycles. The molecular formula is C7H14N2O. The van der Waals surface area contributed by atoms with E-state index >= 15 is 0 Å². The number of rotatable bonds is 0. The Labute approximate surface area is 61.2 Å². The van der Waals surface area contributed by atoms with Gasteiger partial charge >= 0.3 is 0 Å². The van der Waals surface area contributed by atoms with Gasteiger partial charge in [-0.3, -0.25) is 4.79 Å². The SMILES string of the molecule is CC(=O)N1CCC[C@@H](N)C1. The molecular weight excluding hydrogens is 128 g/mol. The number of amides is 1. The molecule has 0 spiro atoms. The first-order chi connectivity index (χ1) is 4.70. The van der Waals surface area contributed by atoms with Crippen LogP contribution in [0.15, 0.2) is 0 Å². The van der Waals surface area contributed by atoms with Crippen LogP contribution < -0.4 is 5.73 Å². The van der Waals surface area contributed by atoms with Gasteiger partial charge in [0.2, 0.25) is 5.91 Å². The highest BCUT2D eigenvalue weighted by atomic mass is 16.2. The molecule has 0 unspecified atom stereocenters. The van der Waals surface area contributed by atoms with E-state index in [9.17, 15) is 4.79 Å². The van der Waals surface area contributed by atoms with Crippen molar-refractivity contribution in [1.82, 2.24) is 4.90 Å². The third kappa shape index (κ3) is 1.70. The zero-order valence-electron chi connectivity index (χ0n) is 6.34. The second kappa shape index (κ2) is 3.01. The average Bonchev–Trinajstić information content (AvgIpc) is 1.88. The normalized spacial score (nSPS) is 26.6. The van der Waals surface area contributed by atoms with Gasteiger partial charge in [-0.2, -0.15) is 0 Å². The van der Waals surface area contributed by atoms with Crippen LogP contribution in [0.5, 0.6) is 0 Å². The first-order valence-corrected chi connectivity index (χ1v) is 3.71. The standard InChI is InChI=1S/C7H14N2O/c1-6(10)9-4-2-3-7(8)5-9/h7H,2-5,8H2,1H3/t7-/m1/s1. The molecule has 58 valence electrons. The first kappa shape index (κ1) is 7.54. The van der Waals surface area contributed by atoms with Crippen molar-refractivity contribution in [3.63, 3.8) is 0 Å². The minimum absolute atomic E-state index is 0.148. The topological polar surface area (TPSA) is 46.3 Å². The molecule has 2 N–H and O–H groups in total. The van der Waals surface area contributed by atoms with Crippen molar-refractivity contribution >= 4 is 5.91 Å². The fourth-order valence-electron chi connectivity index (χ4n) is 1.30. The molecule has 0 saturated carbocycles. The van der Waals surface area contributed by atoms with Gasteiger partial charge in [-0.05, 0) is 12.8 Å². The van der Waals surface area contributed by atoms with Crippen molar-refractivity contribution in [3.8, 4) is 0 Å². The molecule has 1 atom stereocenters. The maximum atomic E-state index is 10.8. The van der Waals surface area contributed by atoms with Gasteiger partial charge in [-0.15, -0.1) is 0 Å². The van der Waals surface area contributed by atoms with Crippen LogP contribution in [0.1, 0.15) is 19.8 Å². The second-order valence-electron chi connectivity index (χ2n) is 2.87. The van der Waals surface area contributed by atoms with Crippen molar-refractivity contribution < 1.29 is 4.79 Å². The number of carbonyl (C=O) groups is 1. The van der Waals surface area contributed by atoms with Crippen LogP contribution in [-0.2, 0) is 4.79 Å². The van der Waals surface area contributed by atoms with Gasteiger partial charge in [0.1, 0.15) is 0 Å². The smallest absolute Gasteiger partial charge is 0.219 e. The van der Waals surface area contributed by atoms with E-state index in [1.54, 1.807) is 6.92 Å². The summed E-state index contributed by atoms with van der Waals surface area (Å²) in [4.78, 5) is 12.6. The predicted molar refractivity (Wildman–Crippen MR) is 39.5 cm³/mol. The Morgan fingerprint density at radius 1 is 1.70 bits per heavy atom. The minimum Gasteiger partial charge on any atom is -0.341 e. The van der Waals surface area contributed by atoms with Crippen LogP contribution in [-0.4, -0.2) is 29.9 Å². The quantitative estimate of drug-likeness (QED) is 0.515. The van der Waals surface area contributed by atoms with Gasteiger partial charge in [-0.1, -0.05) is 0 Å². The lowest BCUT2D eigenvalue weighted by Crippen LogP contribution is -2.44. The summed E-state index contributed by atoms with van der Waals surface area (Å²) in [7, 11) is 0. The second-order valence-corrected chi connectivity index (χ2v) is 2.87. The minimum atomic E-state index is 0.148. The number of nitrogens with zero attached hydrogens (tertiary/aromatic N) is 1. The molecule has 0 aliphatic carbocycles. The lowest BCUT2D eigenvalue weighted by Gasteiger charge is -2.29. The van der Waals surface area contributed by atoms with Gasteiger partial charge in [0.05, 0.1) is 0 Å². The fourth-order valence-corrected chi connectivity index (χ4v) is 1.30. The van der Waals surface area contributed by atoms with E-state index in [4.69, 9.17) is 5.73 Å². The summed E-state index contributed by atoms with van der Waals surface area (Å²) in [5.41, 5.74) is 5.67. The molecule has 1 aliphatic rings. The molecule has 1 saturated heterocycles. The highest BCUT2D eigenvalue weighted by Crippen LogP contribution is 2.07. The van der Waals surface area contributed by atoms with E-state index < -0.39 is 0 Å². The highest BCUT2D eigenvalue weighted by Gasteiger charge is 2.17. The van der Waals surface area contributed by atoms with Crippen LogP contribution in [0.3, 0.4) is 0 Å². The zero-order chi connectivity index (χ0) is 7.56. The Kier molecular flexibility index (Phi) is 2.27. The van der Waals surface area contributed by atoms with Crippen LogP contribution in [0.25, 0.3) is 0 Å². The number of hydrogen-bond acceptors (Lipinski definition) is 2. The number of hydrogen-bond donors (Lipinski definition) is 1. The Morgan fingerprint density at radius 3 is 2.80 bits per heavy atom. The summed E-state index contributed by atoms with van der Waals surface area (Å²) in [5, 5.41) is 0. The maximum Gasteiger partial charge on any atom is 0.219 e. The summed E-state index contributed by atoms with van der Waals surface area (Å²) in [6, 6.07) is 0.206. The predicted octanol–water partition coefficient (Wildman–Crippen LogP) is -0.0440. The Balaban J connectivity index is 2.39. The van der Waals surface area contributed by atoms with Crippen molar-refractivity contribution in [2.75, 3.05) is 13.1 Å². The molecule has 0 aromatic heterocycles. The summed E-state index contributed by atoms with van der Waals surface area (Å²) in [5.74, 6) is 0.148. The zero-order valence-corrected chi connectivity index (χ0v) is 6.34. The highest BCUT2D eigenvalue weighted by molar-refractivity contribution is 5.73. The maximum absolute atomic E-state index is 10.8. The Hall–Kier alpha value is -0.570. The number of piperidine rings is 1. The molecule has 3 heteroatoms. The largest absolute Gasteiger partial charge is 0.341 e.